The summed E-state index contributed by atoms with van der Waals surface area (Å²) in [6, 6.07) is 7.73. The Labute approximate surface area is 143 Å². The van der Waals surface area contributed by atoms with E-state index in [9.17, 15) is 9.59 Å². The molecule has 0 unspecified atom stereocenters. The first-order valence-electron chi connectivity index (χ1n) is 8.61. The van der Waals surface area contributed by atoms with E-state index in [2.05, 4.69) is 16.0 Å². The molecule has 0 radical (unpaired) electrons. The summed E-state index contributed by atoms with van der Waals surface area (Å²) < 4.78 is 5.17. The zero-order valence-corrected chi connectivity index (χ0v) is 14.3. The van der Waals surface area contributed by atoms with Crippen molar-refractivity contribution in [1.82, 2.24) is 16.0 Å². The van der Waals surface area contributed by atoms with Gasteiger partial charge in [-0.1, -0.05) is 31.4 Å². The summed E-state index contributed by atoms with van der Waals surface area (Å²) >= 11 is 0. The quantitative estimate of drug-likeness (QED) is 0.714. The van der Waals surface area contributed by atoms with Gasteiger partial charge in [-0.3, -0.25) is 4.79 Å². The van der Waals surface area contributed by atoms with Crippen molar-refractivity contribution >= 4 is 11.9 Å². The van der Waals surface area contributed by atoms with Crippen molar-refractivity contribution in [2.24, 2.45) is 0 Å². The van der Waals surface area contributed by atoms with Crippen molar-refractivity contribution in [2.45, 2.75) is 44.6 Å². The van der Waals surface area contributed by atoms with Gasteiger partial charge in [-0.05, 0) is 37.0 Å². The van der Waals surface area contributed by atoms with Gasteiger partial charge in [0.15, 0.2) is 0 Å². The minimum atomic E-state index is -0.259. The van der Waals surface area contributed by atoms with Crippen LogP contribution in [0.4, 0.5) is 4.79 Å². The lowest BCUT2D eigenvalue weighted by Crippen LogP contribution is -2.46. The number of carbonyl (C=O) groups is 2. The standard InChI is InChI=1S/C18H27N3O3/c1-24-16-9-5-6-14(12-16)10-11-19-17(22)13-20-18(23)21-15-7-3-2-4-8-15/h5-6,9,12,15H,2-4,7-8,10-11,13H2,1H3,(H,19,22)(H2,20,21,23). The van der Waals surface area contributed by atoms with Crippen LogP contribution >= 0.6 is 0 Å². The summed E-state index contributed by atoms with van der Waals surface area (Å²) in [5.74, 6) is 0.622. The molecule has 1 aliphatic carbocycles. The van der Waals surface area contributed by atoms with Crippen LogP contribution in [0, 0.1) is 0 Å². The first-order chi connectivity index (χ1) is 11.7. The second-order valence-electron chi connectivity index (χ2n) is 6.11. The van der Waals surface area contributed by atoms with Crippen molar-refractivity contribution in [3.63, 3.8) is 0 Å². The fraction of sp³-hybridized carbons (Fsp3) is 0.556. The Balaban J connectivity index is 1.59. The molecule has 3 N–H and O–H groups in total. The number of nitrogens with one attached hydrogen (secondary N) is 3. The smallest absolute Gasteiger partial charge is 0.315 e. The molecule has 0 spiro atoms. The van der Waals surface area contributed by atoms with Gasteiger partial charge in [0.1, 0.15) is 5.75 Å². The lowest BCUT2D eigenvalue weighted by atomic mass is 9.96. The van der Waals surface area contributed by atoms with E-state index < -0.39 is 0 Å². The van der Waals surface area contributed by atoms with E-state index in [1.54, 1.807) is 7.11 Å². The molecule has 1 aromatic rings. The number of hydrogen-bond acceptors (Lipinski definition) is 3. The Hall–Kier alpha value is -2.24. The van der Waals surface area contributed by atoms with E-state index in [-0.39, 0.29) is 24.5 Å². The molecule has 1 saturated carbocycles. The number of ether oxygens (including phenoxy) is 1. The summed E-state index contributed by atoms with van der Waals surface area (Å²) in [5.41, 5.74) is 1.10. The van der Waals surface area contributed by atoms with Gasteiger partial charge in [0.25, 0.3) is 0 Å². The minimum absolute atomic E-state index is 0.00331. The summed E-state index contributed by atoms with van der Waals surface area (Å²) in [5, 5.41) is 8.34. The second kappa shape index (κ2) is 9.80. The Morgan fingerprint density at radius 3 is 2.71 bits per heavy atom. The van der Waals surface area contributed by atoms with Gasteiger partial charge in [0.05, 0.1) is 13.7 Å². The van der Waals surface area contributed by atoms with E-state index in [0.29, 0.717) is 6.54 Å². The van der Waals surface area contributed by atoms with E-state index >= 15 is 0 Å². The van der Waals surface area contributed by atoms with Crippen LogP contribution in [0.1, 0.15) is 37.7 Å². The molecule has 132 valence electrons. The second-order valence-corrected chi connectivity index (χ2v) is 6.11. The Morgan fingerprint density at radius 2 is 1.96 bits per heavy atom. The van der Waals surface area contributed by atoms with Crippen molar-refractivity contribution in [3.8, 4) is 5.75 Å². The van der Waals surface area contributed by atoms with Crippen molar-refractivity contribution in [2.75, 3.05) is 20.2 Å². The average Bonchev–Trinajstić information content (AvgIpc) is 2.61. The maximum absolute atomic E-state index is 11.8. The number of rotatable bonds is 7. The highest BCUT2D eigenvalue weighted by Crippen LogP contribution is 2.17. The van der Waals surface area contributed by atoms with Gasteiger partial charge < -0.3 is 20.7 Å². The molecule has 1 fully saturated rings. The topological polar surface area (TPSA) is 79.5 Å². The Bertz CT molecular complexity index is 542. The highest BCUT2D eigenvalue weighted by atomic mass is 16.5. The molecule has 0 heterocycles. The molecule has 1 aromatic carbocycles. The SMILES string of the molecule is COc1cccc(CCNC(=O)CNC(=O)NC2CCCCC2)c1. The predicted molar refractivity (Wildman–Crippen MR) is 93.1 cm³/mol. The van der Waals surface area contributed by atoms with Crippen LogP contribution in [0.25, 0.3) is 0 Å². The maximum Gasteiger partial charge on any atom is 0.315 e. The van der Waals surface area contributed by atoms with E-state index in [1.165, 1.54) is 6.42 Å². The van der Waals surface area contributed by atoms with Crippen LogP contribution in [0.5, 0.6) is 5.75 Å². The number of carbonyl (C=O) groups excluding carboxylic acids is 2. The van der Waals surface area contributed by atoms with Gasteiger partial charge in [-0.25, -0.2) is 4.79 Å². The van der Waals surface area contributed by atoms with E-state index in [0.717, 1.165) is 43.4 Å². The summed E-state index contributed by atoms with van der Waals surface area (Å²) in [4.78, 5) is 23.5. The number of amides is 3. The molecule has 1 aliphatic rings. The first-order valence-corrected chi connectivity index (χ1v) is 8.61. The molecule has 0 bridgehead atoms. The minimum Gasteiger partial charge on any atom is -0.497 e. The number of methoxy groups -OCH3 is 1. The fourth-order valence-corrected chi connectivity index (χ4v) is 2.88. The third-order valence-electron chi connectivity index (χ3n) is 4.22. The number of benzene rings is 1. The van der Waals surface area contributed by atoms with Gasteiger partial charge in [0, 0.05) is 12.6 Å². The largest absolute Gasteiger partial charge is 0.497 e. The van der Waals surface area contributed by atoms with Gasteiger partial charge in [0.2, 0.25) is 5.91 Å². The van der Waals surface area contributed by atoms with Crippen molar-refractivity contribution < 1.29 is 14.3 Å². The molecule has 6 nitrogen and oxygen atoms in total. The Morgan fingerprint density at radius 1 is 1.17 bits per heavy atom. The molecule has 6 heteroatoms. The molecule has 2 rings (SSSR count). The highest BCUT2D eigenvalue weighted by molar-refractivity contribution is 5.83. The normalized spacial score (nSPS) is 14.7. The molecule has 0 saturated heterocycles. The highest BCUT2D eigenvalue weighted by Gasteiger charge is 2.15. The summed E-state index contributed by atoms with van der Waals surface area (Å²) in [6.07, 6.45) is 6.35. The monoisotopic (exact) mass is 333 g/mol. The molecule has 0 aromatic heterocycles. The molecule has 0 atom stereocenters. The molecular formula is C18H27N3O3. The van der Waals surface area contributed by atoms with Crippen LogP contribution < -0.4 is 20.7 Å². The van der Waals surface area contributed by atoms with Crippen molar-refractivity contribution in [1.29, 1.82) is 0 Å². The fourth-order valence-electron chi connectivity index (χ4n) is 2.88. The van der Waals surface area contributed by atoms with Gasteiger partial charge in [-0.15, -0.1) is 0 Å². The van der Waals surface area contributed by atoms with Crippen LogP contribution in [0.3, 0.4) is 0 Å². The number of urea groups is 1. The lowest BCUT2D eigenvalue weighted by Gasteiger charge is -2.22. The van der Waals surface area contributed by atoms with Crippen LogP contribution in [0.2, 0.25) is 0 Å². The van der Waals surface area contributed by atoms with Crippen LogP contribution in [0.15, 0.2) is 24.3 Å². The molecule has 24 heavy (non-hydrogen) atoms. The van der Waals surface area contributed by atoms with E-state index in [4.69, 9.17) is 4.74 Å². The van der Waals surface area contributed by atoms with Crippen LogP contribution in [-0.4, -0.2) is 38.2 Å². The van der Waals surface area contributed by atoms with Crippen LogP contribution in [-0.2, 0) is 11.2 Å². The number of hydrogen-bond donors (Lipinski definition) is 3. The average molecular weight is 333 g/mol. The van der Waals surface area contributed by atoms with Gasteiger partial charge in [-0.2, -0.15) is 0 Å². The summed E-state index contributed by atoms with van der Waals surface area (Å²) in [6.45, 7) is 0.522. The summed E-state index contributed by atoms with van der Waals surface area (Å²) in [7, 11) is 1.63. The first kappa shape index (κ1) is 18.1. The zero-order chi connectivity index (χ0) is 17.2. The predicted octanol–water partition coefficient (Wildman–Crippen LogP) is 1.99. The third kappa shape index (κ3) is 6.48. The third-order valence-corrected chi connectivity index (χ3v) is 4.22. The van der Waals surface area contributed by atoms with Gasteiger partial charge >= 0.3 is 6.03 Å². The van der Waals surface area contributed by atoms with Crippen molar-refractivity contribution in [3.05, 3.63) is 29.8 Å². The maximum atomic E-state index is 11.8. The zero-order valence-electron chi connectivity index (χ0n) is 14.3. The Kier molecular flexibility index (Phi) is 7.39. The molecule has 0 aliphatic heterocycles. The molecule has 3 amide bonds. The lowest BCUT2D eigenvalue weighted by molar-refractivity contribution is -0.120. The molecular weight excluding hydrogens is 306 g/mol. The van der Waals surface area contributed by atoms with E-state index in [1.807, 2.05) is 24.3 Å².